The molecule has 0 spiro atoms. The van der Waals surface area contributed by atoms with E-state index in [-0.39, 0.29) is 11.8 Å². The number of halogens is 2. The highest BCUT2D eigenvalue weighted by atomic mass is 35.5. The van der Waals surface area contributed by atoms with Gasteiger partial charge in [0.15, 0.2) is 10.9 Å². The maximum atomic E-state index is 12.9. The second kappa shape index (κ2) is 7.95. The van der Waals surface area contributed by atoms with Crippen LogP contribution in [0.5, 0.6) is 0 Å². The monoisotopic (exact) mass is 435 g/mol. The van der Waals surface area contributed by atoms with Gasteiger partial charge in [-0.2, -0.15) is 0 Å². The van der Waals surface area contributed by atoms with E-state index in [0.717, 1.165) is 6.42 Å². The first kappa shape index (κ1) is 19.0. The molecule has 144 valence electrons. The second-order valence-electron chi connectivity index (χ2n) is 6.29. The van der Waals surface area contributed by atoms with Gasteiger partial charge in [0.1, 0.15) is 11.7 Å². The lowest BCUT2D eigenvalue weighted by Gasteiger charge is -2.23. The van der Waals surface area contributed by atoms with E-state index in [1.807, 2.05) is 5.38 Å². The van der Waals surface area contributed by atoms with E-state index in [0.29, 0.717) is 45.2 Å². The number of hydrogen-bond acceptors (Lipinski definition) is 5. The summed E-state index contributed by atoms with van der Waals surface area (Å²) >= 11 is 13.2. The Balaban J connectivity index is 1.47. The van der Waals surface area contributed by atoms with Gasteiger partial charge in [0, 0.05) is 17.5 Å². The van der Waals surface area contributed by atoms with Crippen molar-refractivity contribution >= 4 is 51.5 Å². The average molecular weight is 436 g/mol. The number of amides is 2. The zero-order valence-corrected chi connectivity index (χ0v) is 16.9. The smallest absolute Gasteiger partial charge is 0.254 e. The first-order valence-corrected chi connectivity index (χ1v) is 10.2. The highest BCUT2D eigenvalue weighted by Gasteiger charge is 2.35. The van der Waals surface area contributed by atoms with E-state index >= 15 is 0 Å². The molecule has 0 aliphatic carbocycles. The number of carbonyl (C=O) groups is 2. The van der Waals surface area contributed by atoms with Crippen LogP contribution in [0.2, 0.25) is 10.0 Å². The third-order valence-corrected chi connectivity index (χ3v) is 5.99. The summed E-state index contributed by atoms with van der Waals surface area (Å²) < 4.78 is 5.31. The summed E-state index contributed by atoms with van der Waals surface area (Å²) in [5.41, 5.74) is 1.06. The largest absolute Gasteiger partial charge is 0.463 e. The molecular formula is C19H15Cl2N3O3S. The molecule has 1 unspecified atom stereocenters. The molecule has 2 amide bonds. The summed E-state index contributed by atoms with van der Waals surface area (Å²) in [5, 5.41) is 5.77. The van der Waals surface area contributed by atoms with Crippen molar-refractivity contribution < 1.29 is 14.0 Å². The number of likely N-dealkylation sites (tertiary alicyclic amines) is 1. The Bertz CT molecular complexity index is 1020. The van der Waals surface area contributed by atoms with Crippen molar-refractivity contribution in [1.29, 1.82) is 0 Å². The number of aromatic nitrogens is 1. The number of nitrogens with one attached hydrogen (secondary N) is 1. The van der Waals surface area contributed by atoms with Gasteiger partial charge in [0.2, 0.25) is 5.91 Å². The molecule has 6 nitrogen and oxygen atoms in total. The van der Waals surface area contributed by atoms with E-state index in [1.165, 1.54) is 17.4 Å². The van der Waals surface area contributed by atoms with Crippen LogP contribution >= 0.6 is 34.5 Å². The van der Waals surface area contributed by atoms with Crippen molar-refractivity contribution in [2.24, 2.45) is 0 Å². The second-order valence-corrected chi connectivity index (χ2v) is 7.96. The molecule has 1 aromatic carbocycles. The number of rotatable bonds is 4. The predicted octanol–water partition coefficient (Wildman–Crippen LogP) is 4.95. The molecule has 1 aliphatic rings. The van der Waals surface area contributed by atoms with Crippen molar-refractivity contribution in [2.75, 3.05) is 11.9 Å². The minimum Gasteiger partial charge on any atom is -0.463 e. The molecule has 3 aromatic rings. The third kappa shape index (κ3) is 3.78. The highest BCUT2D eigenvalue weighted by Crippen LogP contribution is 2.28. The van der Waals surface area contributed by atoms with Crippen molar-refractivity contribution in [1.82, 2.24) is 9.88 Å². The highest BCUT2D eigenvalue weighted by molar-refractivity contribution is 7.14. The van der Waals surface area contributed by atoms with Crippen LogP contribution in [0.4, 0.5) is 5.13 Å². The SMILES string of the molecule is O=C(Nc1nc(-c2ccco2)cs1)C1CCCN1C(=O)c1ccc(Cl)c(Cl)c1. The number of nitrogens with zero attached hydrogens (tertiary/aromatic N) is 2. The molecule has 1 aliphatic heterocycles. The average Bonchev–Trinajstić information content (AvgIpc) is 3.44. The van der Waals surface area contributed by atoms with Crippen molar-refractivity contribution in [2.45, 2.75) is 18.9 Å². The molecule has 9 heteroatoms. The number of anilines is 1. The Kier molecular flexibility index (Phi) is 5.39. The summed E-state index contributed by atoms with van der Waals surface area (Å²) in [6.07, 6.45) is 2.91. The van der Waals surface area contributed by atoms with Crippen LogP contribution in [-0.2, 0) is 4.79 Å². The maximum Gasteiger partial charge on any atom is 0.254 e. The van der Waals surface area contributed by atoms with Gasteiger partial charge in [-0.1, -0.05) is 23.2 Å². The molecule has 28 heavy (non-hydrogen) atoms. The van der Waals surface area contributed by atoms with E-state index in [9.17, 15) is 9.59 Å². The van der Waals surface area contributed by atoms with Crippen LogP contribution in [-0.4, -0.2) is 34.3 Å². The molecule has 1 atom stereocenters. The van der Waals surface area contributed by atoms with Gasteiger partial charge in [-0.25, -0.2) is 4.98 Å². The fraction of sp³-hybridized carbons (Fsp3) is 0.211. The van der Waals surface area contributed by atoms with Gasteiger partial charge in [-0.3, -0.25) is 9.59 Å². The van der Waals surface area contributed by atoms with Crippen LogP contribution in [0.15, 0.2) is 46.4 Å². The van der Waals surface area contributed by atoms with Crippen LogP contribution in [0.3, 0.4) is 0 Å². The van der Waals surface area contributed by atoms with E-state index in [2.05, 4.69) is 10.3 Å². The summed E-state index contributed by atoms with van der Waals surface area (Å²) in [5.74, 6) is 0.131. The normalized spacial score (nSPS) is 16.4. The maximum absolute atomic E-state index is 12.9. The van der Waals surface area contributed by atoms with Gasteiger partial charge in [0.05, 0.1) is 16.3 Å². The van der Waals surface area contributed by atoms with Crippen LogP contribution in [0.1, 0.15) is 23.2 Å². The fourth-order valence-electron chi connectivity index (χ4n) is 3.13. The Morgan fingerprint density at radius 2 is 2.11 bits per heavy atom. The zero-order valence-electron chi connectivity index (χ0n) is 14.5. The molecule has 0 saturated carbocycles. The Morgan fingerprint density at radius 3 is 2.86 bits per heavy atom. The minimum atomic E-state index is -0.557. The molecule has 1 fully saturated rings. The van der Waals surface area contributed by atoms with Gasteiger partial charge >= 0.3 is 0 Å². The van der Waals surface area contributed by atoms with Crippen molar-refractivity contribution in [3.8, 4) is 11.5 Å². The number of thiazole rings is 1. The minimum absolute atomic E-state index is 0.244. The standard InChI is InChI=1S/C19H15Cl2N3O3S/c20-12-6-5-11(9-13(12)21)18(26)24-7-1-3-15(24)17(25)23-19-22-14(10-28-19)16-4-2-8-27-16/h2,4-6,8-10,15H,1,3,7H2,(H,22,23,25). The summed E-state index contributed by atoms with van der Waals surface area (Å²) in [4.78, 5) is 31.6. The zero-order chi connectivity index (χ0) is 19.7. The summed E-state index contributed by atoms with van der Waals surface area (Å²) in [6, 6.07) is 7.73. The fourth-order valence-corrected chi connectivity index (χ4v) is 4.14. The number of benzene rings is 1. The molecule has 1 N–H and O–H groups in total. The lowest BCUT2D eigenvalue weighted by atomic mass is 10.1. The lowest BCUT2D eigenvalue weighted by molar-refractivity contribution is -0.119. The molecule has 2 aromatic heterocycles. The topological polar surface area (TPSA) is 75.4 Å². The van der Waals surface area contributed by atoms with Crippen LogP contribution in [0, 0.1) is 0 Å². The number of hydrogen-bond donors (Lipinski definition) is 1. The molecule has 4 rings (SSSR count). The number of furan rings is 1. The van der Waals surface area contributed by atoms with Crippen LogP contribution < -0.4 is 5.32 Å². The summed E-state index contributed by atoms with van der Waals surface area (Å²) in [7, 11) is 0. The molecule has 3 heterocycles. The van der Waals surface area contributed by atoms with E-state index in [4.69, 9.17) is 27.6 Å². The van der Waals surface area contributed by atoms with Gasteiger partial charge in [-0.15, -0.1) is 11.3 Å². The predicted molar refractivity (Wildman–Crippen MR) is 109 cm³/mol. The first-order chi connectivity index (χ1) is 13.5. The van der Waals surface area contributed by atoms with E-state index < -0.39 is 6.04 Å². The Hall–Kier alpha value is -2.35. The van der Waals surface area contributed by atoms with Gasteiger partial charge in [0.25, 0.3) is 5.91 Å². The Labute approximate surface area is 175 Å². The Morgan fingerprint density at radius 1 is 1.25 bits per heavy atom. The quantitative estimate of drug-likeness (QED) is 0.628. The molecule has 0 radical (unpaired) electrons. The number of carbonyl (C=O) groups excluding carboxylic acids is 2. The van der Waals surface area contributed by atoms with Gasteiger partial charge < -0.3 is 14.6 Å². The van der Waals surface area contributed by atoms with E-state index in [1.54, 1.807) is 35.4 Å². The van der Waals surface area contributed by atoms with Crippen LogP contribution in [0.25, 0.3) is 11.5 Å². The molecular weight excluding hydrogens is 421 g/mol. The summed E-state index contributed by atoms with van der Waals surface area (Å²) in [6.45, 7) is 0.507. The molecule has 1 saturated heterocycles. The van der Waals surface area contributed by atoms with Crippen molar-refractivity contribution in [3.63, 3.8) is 0 Å². The van der Waals surface area contributed by atoms with Gasteiger partial charge in [-0.05, 0) is 43.2 Å². The third-order valence-electron chi connectivity index (χ3n) is 4.49. The first-order valence-electron chi connectivity index (χ1n) is 8.59. The van der Waals surface area contributed by atoms with Crippen molar-refractivity contribution in [3.05, 3.63) is 57.6 Å². The lowest BCUT2D eigenvalue weighted by Crippen LogP contribution is -2.43. The molecule has 0 bridgehead atoms.